The van der Waals surface area contributed by atoms with Gasteiger partial charge in [-0.2, -0.15) is 0 Å². The summed E-state index contributed by atoms with van der Waals surface area (Å²) in [4.78, 5) is 28.4. The van der Waals surface area contributed by atoms with Gasteiger partial charge in [0.2, 0.25) is 0 Å². The predicted molar refractivity (Wildman–Crippen MR) is 148 cm³/mol. The van der Waals surface area contributed by atoms with Crippen molar-refractivity contribution < 1.29 is 24.2 Å². The summed E-state index contributed by atoms with van der Waals surface area (Å²) in [6.45, 7) is 9.08. The van der Waals surface area contributed by atoms with E-state index in [1.807, 2.05) is 55.5 Å². The quantitative estimate of drug-likeness (QED) is 0.214. The molecule has 1 unspecified atom stereocenters. The molecule has 198 valence electrons. The predicted octanol–water partition coefficient (Wildman–Crippen LogP) is 6.40. The van der Waals surface area contributed by atoms with Crippen LogP contribution in [0.2, 0.25) is 0 Å². The van der Waals surface area contributed by atoms with Gasteiger partial charge in [0, 0.05) is 11.1 Å². The van der Waals surface area contributed by atoms with E-state index >= 15 is 0 Å². The molecule has 0 aliphatic carbocycles. The van der Waals surface area contributed by atoms with Crippen LogP contribution >= 0.6 is 0 Å². The molecule has 1 saturated heterocycles. The highest BCUT2D eigenvalue weighted by Crippen LogP contribution is 2.41. The van der Waals surface area contributed by atoms with Gasteiger partial charge in [-0.3, -0.25) is 9.59 Å². The number of ketones is 1. The number of aliphatic hydroxyl groups is 1. The number of aliphatic hydroxyl groups excluding tert-OH is 1. The first-order valence-electron chi connectivity index (χ1n) is 12.9. The molecular formula is C32H35NO5. The van der Waals surface area contributed by atoms with E-state index in [0.29, 0.717) is 23.7 Å². The minimum absolute atomic E-state index is 0.0565. The maximum absolute atomic E-state index is 13.5. The topological polar surface area (TPSA) is 76.1 Å². The van der Waals surface area contributed by atoms with Gasteiger partial charge in [-0.15, -0.1) is 0 Å². The number of rotatable bonds is 8. The molecular weight excluding hydrogens is 478 g/mol. The summed E-state index contributed by atoms with van der Waals surface area (Å²) in [6.07, 6.45) is 0.842. The normalized spacial score (nSPS) is 17.1. The number of carbonyl (C=O) groups is 2. The number of hydrogen-bond donors (Lipinski definition) is 1. The summed E-state index contributed by atoms with van der Waals surface area (Å²) in [5.74, 6) is -0.400. The third-order valence-electron chi connectivity index (χ3n) is 6.75. The molecule has 0 spiro atoms. The first-order chi connectivity index (χ1) is 18.2. The molecule has 0 saturated carbocycles. The van der Waals surface area contributed by atoms with E-state index in [1.54, 1.807) is 31.4 Å². The van der Waals surface area contributed by atoms with Crippen molar-refractivity contribution >= 4 is 17.4 Å². The van der Waals surface area contributed by atoms with Crippen LogP contribution in [0.5, 0.6) is 11.5 Å². The Balaban J connectivity index is 1.85. The summed E-state index contributed by atoms with van der Waals surface area (Å²) in [7, 11) is 1.57. The zero-order valence-corrected chi connectivity index (χ0v) is 22.7. The van der Waals surface area contributed by atoms with Gasteiger partial charge in [0.15, 0.2) is 0 Å². The molecule has 1 heterocycles. The third kappa shape index (κ3) is 5.44. The second kappa shape index (κ2) is 11.1. The summed E-state index contributed by atoms with van der Waals surface area (Å²) in [5.41, 5.74) is 3.06. The molecule has 1 aliphatic rings. The van der Waals surface area contributed by atoms with Gasteiger partial charge in [0.05, 0.1) is 31.9 Å². The molecule has 0 radical (unpaired) electrons. The average molecular weight is 514 g/mol. The zero-order chi connectivity index (χ0) is 27.4. The Morgan fingerprint density at radius 1 is 0.974 bits per heavy atom. The SMILES string of the molecule is CCCOc1cccc(/C(O)=C2/C(=O)C(=O)N(Cc3ccccc3OC)C2c2ccc(C(C)(C)C)cc2)c1. The largest absolute Gasteiger partial charge is 0.507 e. The Labute approximate surface area is 224 Å². The maximum atomic E-state index is 13.5. The smallest absolute Gasteiger partial charge is 0.295 e. The minimum Gasteiger partial charge on any atom is -0.507 e. The molecule has 0 aromatic heterocycles. The van der Waals surface area contributed by atoms with Gasteiger partial charge >= 0.3 is 0 Å². The highest BCUT2D eigenvalue weighted by molar-refractivity contribution is 6.46. The van der Waals surface area contributed by atoms with Gasteiger partial charge in [0.25, 0.3) is 11.7 Å². The standard InChI is InChI=1S/C32H35NO5/c1-6-18-38-25-12-9-11-22(19-25)29(34)27-28(21-14-16-24(17-15-21)32(2,3)4)33(31(36)30(27)35)20-23-10-7-8-13-26(23)37-5/h7-17,19,28,34H,6,18,20H2,1-5H3/b29-27-. The van der Waals surface area contributed by atoms with Gasteiger partial charge in [-0.1, -0.05) is 82.3 Å². The van der Waals surface area contributed by atoms with Crippen LogP contribution in [0.1, 0.15) is 62.4 Å². The molecule has 3 aromatic carbocycles. The molecule has 1 fully saturated rings. The Morgan fingerprint density at radius 2 is 1.68 bits per heavy atom. The lowest BCUT2D eigenvalue weighted by Gasteiger charge is -2.27. The van der Waals surface area contributed by atoms with Crippen LogP contribution in [-0.2, 0) is 21.5 Å². The number of benzene rings is 3. The molecule has 38 heavy (non-hydrogen) atoms. The Bertz CT molecular complexity index is 1350. The average Bonchev–Trinajstić information content (AvgIpc) is 3.16. The highest BCUT2D eigenvalue weighted by Gasteiger charge is 2.46. The van der Waals surface area contributed by atoms with E-state index in [1.165, 1.54) is 4.90 Å². The minimum atomic E-state index is -0.769. The van der Waals surface area contributed by atoms with Crippen molar-refractivity contribution in [3.05, 3.63) is 101 Å². The first-order valence-corrected chi connectivity index (χ1v) is 12.9. The molecule has 0 bridgehead atoms. The molecule has 3 aromatic rings. The van der Waals surface area contributed by atoms with Crippen molar-refractivity contribution in [2.75, 3.05) is 13.7 Å². The maximum Gasteiger partial charge on any atom is 0.295 e. The van der Waals surface area contributed by atoms with Crippen LogP contribution in [0.25, 0.3) is 5.76 Å². The molecule has 6 heteroatoms. The number of para-hydroxylation sites is 1. The number of amides is 1. The fourth-order valence-electron chi connectivity index (χ4n) is 4.68. The fraction of sp³-hybridized carbons (Fsp3) is 0.312. The first kappa shape index (κ1) is 27.0. The lowest BCUT2D eigenvalue weighted by molar-refractivity contribution is -0.140. The number of Topliss-reactive ketones (excluding diaryl/α,β-unsaturated/α-hetero) is 1. The summed E-state index contributed by atoms with van der Waals surface area (Å²) >= 11 is 0. The van der Waals surface area contributed by atoms with Crippen LogP contribution in [0.3, 0.4) is 0 Å². The highest BCUT2D eigenvalue weighted by atomic mass is 16.5. The van der Waals surface area contributed by atoms with E-state index in [0.717, 1.165) is 23.1 Å². The lowest BCUT2D eigenvalue weighted by atomic mass is 9.85. The Kier molecular flexibility index (Phi) is 7.91. The van der Waals surface area contributed by atoms with Crippen molar-refractivity contribution in [2.45, 2.75) is 52.1 Å². The number of methoxy groups -OCH3 is 1. The van der Waals surface area contributed by atoms with E-state index < -0.39 is 17.7 Å². The summed E-state index contributed by atoms with van der Waals surface area (Å²) in [6, 6.07) is 21.5. The Hall–Kier alpha value is -4.06. The second-order valence-electron chi connectivity index (χ2n) is 10.5. The zero-order valence-electron chi connectivity index (χ0n) is 22.7. The molecule has 1 amide bonds. The van der Waals surface area contributed by atoms with E-state index in [-0.39, 0.29) is 23.3 Å². The van der Waals surface area contributed by atoms with Gasteiger partial charge < -0.3 is 19.5 Å². The fourth-order valence-corrected chi connectivity index (χ4v) is 4.68. The van der Waals surface area contributed by atoms with Gasteiger partial charge in [-0.05, 0) is 41.2 Å². The van der Waals surface area contributed by atoms with E-state index in [4.69, 9.17) is 9.47 Å². The number of ether oxygens (including phenoxy) is 2. The number of nitrogens with zero attached hydrogens (tertiary/aromatic N) is 1. The lowest BCUT2D eigenvalue weighted by Crippen LogP contribution is -2.29. The number of hydrogen-bond acceptors (Lipinski definition) is 5. The summed E-state index contributed by atoms with van der Waals surface area (Å²) < 4.78 is 11.2. The van der Waals surface area contributed by atoms with Gasteiger partial charge in [0.1, 0.15) is 17.3 Å². The van der Waals surface area contributed by atoms with Crippen molar-refractivity contribution in [1.82, 2.24) is 4.90 Å². The monoisotopic (exact) mass is 513 g/mol. The van der Waals surface area contributed by atoms with E-state index in [9.17, 15) is 14.7 Å². The van der Waals surface area contributed by atoms with E-state index in [2.05, 4.69) is 20.8 Å². The molecule has 4 rings (SSSR count). The molecule has 1 atom stereocenters. The van der Waals surface area contributed by atoms with Crippen molar-refractivity contribution in [2.24, 2.45) is 0 Å². The van der Waals surface area contributed by atoms with Crippen LogP contribution < -0.4 is 9.47 Å². The Morgan fingerprint density at radius 3 is 2.34 bits per heavy atom. The summed E-state index contributed by atoms with van der Waals surface area (Å²) in [5, 5.41) is 11.5. The van der Waals surface area contributed by atoms with Crippen LogP contribution in [-0.4, -0.2) is 35.4 Å². The van der Waals surface area contributed by atoms with Gasteiger partial charge in [-0.25, -0.2) is 0 Å². The third-order valence-corrected chi connectivity index (χ3v) is 6.75. The van der Waals surface area contributed by atoms with Crippen LogP contribution in [0.4, 0.5) is 0 Å². The number of carbonyl (C=O) groups excluding carboxylic acids is 2. The molecule has 1 N–H and O–H groups in total. The van der Waals surface area contributed by atoms with Crippen LogP contribution in [0, 0.1) is 0 Å². The second-order valence-corrected chi connectivity index (χ2v) is 10.5. The number of likely N-dealkylation sites (tertiary alicyclic amines) is 1. The van der Waals surface area contributed by atoms with Crippen molar-refractivity contribution in [1.29, 1.82) is 0 Å². The van der Waals surface area contributed by atoms with Crippen LogP contribution in [0.15, 0.2) is 78.4 Å². The molecule has 1 aliphatic heterocycles. The molecule has 6 nitrogen and oxygen atoms in total. The van der Waals surface area contributed by atoms with Crippen molar-refractivity contribution in [3.63, 3.8) is 0 Å². The van der Waals surface area contributed by atoms with Crippen molar-refractivity contribution in [3.8, 4) is 11.5 Å².